The van der Waals surface area contributed by atoms with Gasteiger partial charge in [0.1, 0.15) is 10.4 Å². The Morgan fingerprint density at radius 2 is 1.71 bits per heavy atom. The largest absolute Gasteiger partial charge is 0.280 e. The minimum absolute atomic E-state index is 0.0236. The molecule has 0 spiro atoms. The first-order valence-electron chi connectivity index (χ1n) is 8.29. The number of hydrogen-bond donors (Lipinski definition) is 1. The maximum Gasteiger partial charge on any atom is 0.264 e. The third-order valence-electron chi connectivity index (χ3n) is 4.02. The van der Waals surface area contributed by atoms with Crippen molar-refractivity contribution in [2.45, 2.75) is 15.5 Å². The Morgan fingerprint density at radius 3 is 2.54 bits per heavy atom. The molecule has 9 heteroatoms. The quantitative estimate of drug-likeness (QED) is 0.520. The van der Waals surface area contributed by atoms with Gasteiger partial charge in [0, 0.05) is 10.6 Å². The molecule has 4 rings (SSSR count). The second kappa shape index (κ2) is 7.53. The first-order valence-corrected chi connectivity index (χ1v) is 11.1. The lowest BCUT2D eigenvalue weighted by atomic mass is 10.2. The highest BCUT2D eigenvalue weighted by Gasteiger charge is 2.20. The lowest BCUT2D eigenvalue weighted by Gasteiger charge is -2.10. The zero-order valence-corrected chi connectivity index (χ0v) is 16.1. The van der Waals surface area contributed by atoms with Crippen molar-refractivity contribution in [1.29, 1.82) is 0 Å². The molecule has 0 aliphatic rings. The van der Waals surface area contributed by atoms with Crippen LogP contribution in [-0.4, -0.2) is 22.9 Å². The molecule has 0 aliphatic heterocycles. The number of anilines is 1. The first-order chi connectivity index (χ1) is 13.5. The van der Waals surface area contributed by atoms with Crippen molar-refractivity contribution in [3.05, 3.63) is 78.4 Å². The van der Waals surface area contributed by atoms with Crippen LogP contribution in [0.2, 0.25) is 0 Å². The van der Waals surface area contributed by atoms with Crippen molar-refractivity contribution >= 4 is 37.5 Å². The number of rotatable bonds is 6. The minimum Gasteiger partial charge on any atom is -0.280 e. The summed E-state index contributed by atoms with van der Waals surface area (Å²) in [4.78, 5) is 0.697. The van der Waals surface area contributed by atoms with Gasteiger partial charge in [-0.2, -0.15) is 0 Å². The summed E-state index contributed by atoms with van der Waals surface area (Å²) in [5, 5.41) is 7.33. The summed E-state index contributed by atoms with van der Waals surface area (Å²) in [6.07, 6.45) is 0. The van der Waals surface area contributed by atoms with Gasteiger partial charge >= 0.3 is 0 Å². The number of benzene rings is 3. The molecule has 1 atom stereocenters. The van der Waals surface area contributed by atoms with Crippen LogP contribution in [-0.2, 0) is 26.6 Å². The number of fused-ring (bicyclic) bond motifs is 1. The third kappa shape index (κ3) is 3.80. The molecule has 0 radical (unpaired) electrons. The number of nitrogens with one attached hydrogen (secondary N) is 1. The zero-order valence-electron chi connectivity index (χ0n) is 14.5. The monoisotopic (exact) mass is 413 g/mol. The van der Waals surface area contributed by atoms with Gasteiger partial charge in [0.05, 0.1) is 16.6 Å². The van der Waals surface area contributed by atoms with Crippen molar-refractivity contribution in [3.8, 4) is 0 Å². The summed E-state index contributed by atoms with van der Waals surface area (Å²) in [6, 6.07) is 20.6. The molecule has 4 aromatic rings. The molecule has 1 unspecified atom stereocenters. The van der Waals surface area contributed by atoms with Gasteiger partial charge in [-0.1, -0.05) is 36.4 Å². The highest BCUT2D eigenvalue weighted by Crippen LogP contribution is 2.23. The SMILES string of the molecule is O=S(Cc1cccc(NS(=O)(=O)c2cccc3nonc23)c1)c1ccccc1. The van der Waals surface area contributed by atoms with E-state index in [2.05, 4.69) is 19.7 Å². The van der Waals surface area contributed by atoms with Gasteiger partial charge in [0.2, 0.25) is 0 Å². The van der Waals surface area contributed by atoms with Crippen LogP contribution in [0, 0.1) is 0 Å². The van der Waals surface area contributed by atoms with Crippen molar-refractivity contribution < 1.29 is 17.3 Å². The highest BCUT2D eigenvalue weighted by atomic mass is 32.2. The third-order valence-corrected chi connectivity index (χ3v) is 6.83. The van der Waals surface area contributed by atoms with Crippen LogP contribution in [0.1, 0.15) is 5.56 Å². The van der Waals surface area contributed by atoms with E-state index < -0.39 is 20.8 Å². The van der Waals surface area contributed by atoms with Crippen LogP contribution in [0.3, 0.4) is 0 Å². The van der Waals surface area contributed by atoms with E-state index in [1.807, 2.05) is 18.2 Å². The summed E-state index contributed by atoms with van der Waals surface area (Å²) in [7, 11) is -5.12. The van der Waals surface area contributed by atoms with Crippen LogP contribution >= 0.6 is 0 Å². The second-order valence-corrected chi connectivity index (χ2v) is 9.10. The van der Waals surface area contributed by atoms with Crippen LogP contribution < -0.4 is 4.72 Å². The molecule has 28 heavy (non-hydrogen) atoms. The Hall–Kier alpha value is -3.04. The van der Waals surface area contributed by atoms with E-state index in [9.17, 15) is 12.6 Å². The predicted octanol–water partition coefficient (Wildman–Crippen LogP) is 3.33. The Kier molecular flexibility index (Phi) is 4.93. The average molecular weight is 413 g/mol. The summed E-state index contributed by atoms with van der Waals surface area (Å²) in [5.41, 5.74) is 1.64. The zero-order chi connectivity index (χ0) is 19.6. The summed E-state index contributed by atoms with van der Waals surface area (Å²) < 4.78 is 45.2. The van der Waals surface area contributed by atoms with Gasteiger partial charge in [-0.15, -0.1) is 0 Å². The fourth-order valence-electron chi connectivity index (χ4n) is 2.74. The lowest BCUT2D eigenvalue weighted by molar-refractivity contribution is 0.315. The molecule has 3 aromatic carbocycles. The topological polar surface area (TPSA) is 102 Å². The molecule has 1 heterocycles. The van der Waals surface area contributed by atoms with E-state index in [1.54, 1.807) is 48.5 Å². The van der Waals surface area contributed by atoms with Gasteiger partial charge < -0.3 is 0 Å². The van der Waals surface area contributed by atoms with Crippen molar-refractivity contribution in [2.24, 2.45) is 0 Å². The molecule has 1 N–H and O–H groups in total. The molecule has 0 saturated heterocycles. The van der Waals surface area contributed by atoms with E-state index in [-0.39, 0.29) is 16.2 Å². The van der Waals surface area contributed by atoms with E-state index in [4.69, 9.17) is 0 Å². The minimum atomic E-state index is -3.90. The predicted molar refractivity (Wildman–Crippen MR) is 106 cm³/mol. The standard InChI is InChI=1S/C19H15N3O4S2/c23-27(16-8-2-1-3-9-16)13-14-6-4-7-15(12-14)22-28(24,25)18-11-5-10-17-19(18)21-26-20-17/h1-12,22H,13H2. The Labute approximate surface area is 163 Å². The maximum absolute atomic E-state index is 12.8. The molecule has 142 valence electrons. The molecule has 0 fully saturated rings. The molecule has 0 amide bonds. The number of sulfonamides is 1. The van der Waals surface area contributed by atoms with Crippen molar-refractivity contribution in [1.82, 2.24) is 10.3 Å². The fourth-order valence-corrected chi connectivity index (χ4v) is 5.05. The number of hydrogen-bond acceptors (Lipinski definition) is 6. The summed E-state index contributed by atoms with van der Waals surface area (Å²) in [6.45, 7) is 0. The molecule has 0 saturated carbocycles. The van der Waals surface area contributed by atoms with Crippen molar-refractivity contribution in [2.75, 3.05) is 4.72 Å². The number of aromatic nitrogens is 2. The maximum atomic E-state index is 12.8. The first kappa shape index (κ1) is 18.3. The average Bonchev–Trinajstić information content (AvgIpc) is 3.17. The van der Waals surface area contributed by atoms with Crippen LogP contribution in [0.5, 0.6) is 0 Å². The molecular weight excluding hydrogens is 398 g/mol. The lowest BCUT2D eigenvalue weighted by Crippen LogP contribution is -2.13. The van der Waals surface area contributed by atoms with Gasteiger partial charge in [-0.3, -0.25) is 8.93 Å². The van der Waals surface area contributed by atoms with Gasteiger partial charge in [0.15, 0.2) is 5.52 Å². The Morgan fingerprint density at radius 1 is 0.929 bits per heavy atom. The van der Waals surface area contributed by atoms with Crippen molar-refractivity contribution in [3.63, 3.8) is 0 Å². The van der Waals surface area contributed by atoms with Crippen LogP contribution in [0.4, 0.5) is 5.69 Å². The second-order valence-electron chi connectivity index (χ2n) is 6.00. The highest BCUT2D eigenvalue weighted by molar-refractivity contribution is 7.93. The van der Waals surface area contributed by atoms with Gasteiger partial charge in [0.25, 0.3) is 10.0 Å². The molecular formula is C19H15N3O4S2. The van der Waals surface area contributed by atoms with Crippen LogP contribution in [0.15, 0.2) is 87.2 Å². The Balaban J connectivity index is 1.58. The fraction of sp³-hybridized carbons (Fsp3) is 0.0526. The molecule has 0 bridgehead atoms. The Bertz CT molecular complexity index is 1250. The summed E-state index contributed by atoms with van der Waals surface area (Å²) >= 11 is 0. The normalized spacial score (nSPS) is 12.7. The van der Waals surface area contributed by atoms with Gasteiger partial charge in [-0.05, 0) is 52.3 Å². The number of nitrogens with zero attached hydrogens (tertiary/aromatic N) is 2. The van der Waals surface area contributed by atoms with E-state index >= 15 is 0 Å². The molecule has 1 aromatic heterocycles. The van der Waals surface area contributed by atoms with Crippen LogP contribution in [0.25, 0.3) is 11.0 Å². The van der Waals surface area contributed by atoms with E-state index in [1.165, 1.54) is 6.07 Å². The van der Waals surface area contributed by atoms with E-state index in [0.29, 0.717) is 11.2 Å². The molecule has 7 nitrogen and oxygen atoms in total. The summed E-state index contributed by atoms with van der Waals surface area (Å²) in [5.74, 6) is 0.280. The van der Waals surface area contributed by atoms with Gasteiger partial charge in [-0.25, -0.2) is 13.0 Å². The molecule has 0 aliphatic carbocycles. The van der Waals surface area contributed by atoms with E-state index in [0.717, 1.165) is 10.5 Å². The smallest absolute Gasteiger partial charge is 0.264 e.